The van der Waals surface area contributed by atoms with Gasteiger partial charge in [0.05, 0.1) is 6.61 Å². The third-order valence-corrected chi connectivity index (χ3v) is 1.95. The Morgan fingerprint density at radius 3 is 3.23 bits per heavy atom. The van der Waals surface area contributed by atoms with Crippen molar-refractivity contribution in [3.8, 4) is 0 Å². The first-order valence-electron chi connectivity index (χ1n) is 3.79. The molecule has 0 atom stereocenters. The van der Waals surface area contributed by atoms with Gasteiger partial charge in [-0.2, -0.15) is 0 Å². The highest BCUT2D eigenvalue weighted by Crippen LogP contribution is 2.16. The Morgan fingerprint density at radius 2 is 2.46 bits per heavy atom. The average molecular weight is 175 g/mol. The van der Waals surface area contributed by atoms with Gasteiger partial charge in [-0.1, -0.05) is 23.3 Å². The minimum atomic E-state index is -0.885. The van der Waals surface area contributed by atoms with E-state index >= 15 is 0 Å². The van der Waals surface area contributed by atoms with E-state index in [1.54, 1.807) is 18.2 Å². The first-order chi connectivity index (χ1) is 6.31. The Labute approximate surface area is 74.7 Å². The predicted octanol–water partition coefficient (Wildman–Crippen LogP) is 0.846. The van der Waals surface area contributed by atoms with Crippen LogP contribution in [0.1, 0.15) is 5.56 Å². The number of fused-ring (bicyclic) bond motifs is 1. The van der Waals surface area contributed by atoms with Crippen LogP contribution >= 0.6 is 0 Å². The number of nitrogens with zero attached hydrogens (tertiary/aromatic N) is 3. The fourth-order valence-electron chi connectivity index (χ4n) is 1.32. The van der Waals surface area contributed by atoms with Gasteiger partial charge in [0.25, 0.3) is 0 Å². The van der Waals surface area contributed by atoms with Crippen LogP contribution in [0.4, 0.5) is 5.69 Å². The summed E-state index contributed by atoms with van der Waals surface area (Å²) < 4.78 is 4.98. The molecule has 0 aliphatic carbocycles. The van der Waals surface area contributed by atoms with Crippen molar-refractivity contribution in [3.63, 3.8) is 0 Å². The molecule has 0 saturated carbocycles. The lowest BCUT2D eigenvalue weighted by atomic mass is 9.79. The molecule has 0 bridgehead atoms. The number of hydrogen-bond acceptors (Lipinski definition) is 3. The van der Waals surface area contributed by atoms with Gasteiger partial charge in [0, 0.05) is 10.6 Å². The number of azide groups is 1. The largest absolute Gasteiger partial charge is 0.491 e. The average Bonchev–Trinajstić information content (AvgIpc) is 2.49. The summed E-state index contributed by atoms with van der Waals surface area (Å²) >= 11 is 0. The quantitative estimate of drug-likeness (QED) is 0.297. The van der Waals surface area contributed by atoms with Crippen molar-refractivity contribution >= 4 is 18.3 Å². The molecule has 1 aromatic carbocycles. The summed E-state index contributed by atoms with van der Waals surface area (Å²) in [5.74, 6) is 0. The Bertz CT molecular complexity index is 389. The van der Waals surface area contributed by atoms with Crippen LogP contribution in [0.15, 0.2) is 23.3 Å². The number of benzene rings is 1. The Kier molecular flexibility index (Phi) is 1.94. The zero-order valence-electron chi connectivity index (χ0n) is 6.71. The molecule has 0 radical (unpaired) electrons. The van der Waals surface area contributed by atoms with Gasteiger partial charge < -0.3 is 9.68 Å². The van der Waals surface area contributed by atoms with E-state index in [4.69, 9.17) is 10.2 Å². The summed E-state index contributed by atoms with van der Waals surface area (Å²) in [6.07, 6.45) is 0. The van der Waals surface area contributed by atoms with E-state index < -0.39 is 7.12 Å². The summed E-state index contributed by atoms with van der Waals surface area (Å²) in [5.41, 5.74) is 10.3. The Hall–Kier alpha value is -1.49. The monoisotopic (exact) mass is 175 g/mol. The molecule has 2 rings (SSSR count). The molecule has 0 amide bonds. The normalized spacial score (nSPS) is 13.8. The van der Waals surface area contributed by atoms with Gasteiger partial charge in [0.1, 0.15) is 0 Å². The lowest BCUT2D eigenvalue weighted by Gasteiger charge is -1.98. The molecule has 1 aliphatic rings. The smallest absolute Gasteiger partial charge is 0.423 e. The molecule has 6 heteroatoms. The molecule has 1 heterocycles. The lowest BCUT2D eigenvalue weighted by Crippen LogP contribution is -2.27. The van der Waals surface area contributed by atoms with Gasteiger partial charge in [-0.15, -0.1) is 0 Å². The van der Waals surface area contributed by atoms with E-state index in [1.807, 2.05) is 0 Å². The molecule has 0 saturated heterocycles. The summed E-state index contributed by atoms with van der Waals surface area (Å²) in [6.45, 7) is 0.410. The molecular weight excluding hydrogens is 169 g/mol. The van der Waals surface area contributed by atoms with Gasteiger partial charge >= 0.3 is 7.12 Å². The highest BCUT2D eigenvalue weighted by atomic mass is 16.5. The molecule has 0 unspecified atom stereocenters. The third-order valence-electron chi connectivity index (χ3n) is 1.95. The molecule has 0 aromatic heterocycles. The van der Waals surface area contributed by atoms with Crippen molar-refractivity contribution < 1.29 is 9.68 Å². The maximum atomic E-state index is 9.32. The number of hydrogen-bond donors (Lipinski definition) is 1. The topological polar surface area (TPSA) is 78.2 Å². The van der Waals surface area contributed by atoms with Crippen LogP contribution in [-0.2, 0) is 11.3 Å². The Morgan fingerprint density at radius 1 is 1.62 bits per heavy atom. The molecule has 13 heavy (non-hydrogen) atoms. The summed E-state index contributed by atoms with van der Waals surface area (Å²) in [4.78, 5) is 2.66. The van der Waals surface area contributed by atoms with Crippen molar-refractivity contribution in [1.82, 2.24) is 0 Å². The zero-order valence-corrected chi connectivity index (χ0v) is 6.71. The van der Waals surface area contributed by atoms with Crippen LogP contribution in [0, 0.1) is 0 Å². The predicted molar refractivity (Wildman–Crippen MR) is 47.6 cm³/mol. The third kappa shape index (κ3) is 1.38. The fourth-order valence-corrected chi connectivity index (χ4v) is 1.32. The van der Waals surface area contributed by atoms with Crippen LogP contribution in [0.5, 0.6) is 0 Å². The van der Waals surface area contributed by atoms with Crippen molar-refractivity contribution in [1.29, 1.82) is 0 Å². The highest BCUT2D eigenvalue weighted by molar-refractivity contribution is 6.61. The second-order valence-corrected chi connectivity index (χ2v) is 2.74. The molecule has 1 aliphatic heterocycles. The second-order valence-electron chi connectivity index (χ2n) is 2.74. The van der Waals surface area contributed by atoms with Crippen molar-refractivity contribution in [2.45, 2.75) is 6.61 Å². The molecule has 0 spiro atoms. The fraction of sp³-hybridized carbons (Fsp3) is 0.143. The van der Waals surface area contributed by atoms with E-state index in [-0.39, 0.29) is 0 Å². The van der Waals surface area contributed by atoms with Crippen molar-refractivity contribution in [3.05, 3.63) is 34.2 Å². The van der Waals surface area contributed by atoms with E-state index in [2.05, 4.69) is 10.0 Å². The van der Waals surface area contributed by atoms with Gasteiger partial charge in [-0.25, -0.2) is 0 Å². The molecule has 0 fully saturated rings. The van der Waals surface area contributed by atoms with E-state index in [1.165, 1.54) is 0 Å². The maximum absolute atomic E-state index is 9.32. The molecule has 5 nitrogen and oxygen atoms in total. The lowest BCUT2D eigenvalue weighted by molar-refractivity contribution is 0.275. The van der Waals surface area contributed by atoms with Gasteiger partial charge in [-0.3, -0.25) is 0 Å². The van der Waals surface area contributed by atoms with Gasteiger partial charge in [-0.05, 0) is 16.6 Å². The SMILES string of the molecule is [N-]=[N+]=Nc1ccc2c(c1)B(O)OC2. The maximum Gasteiger partial charge on any atom is 0.491 e. The Balaban J connectivity index is 2.47. The number of rotatable bonds is 1. The van der Waals surface area contributed by atoms with Crippen LogP contribution < -0.4 is 5.46 Å². The minimum Gasteiger partial charge on any atom is -0.423 e. The van der Waals surface area contributed by atoms with E-state index in [0.29, 0.717) is 17.8 Å². The van der Waals surface area contributed by atoms with Crippen LogP contribution in [-0.4, -0.2) is 12.1 Å². The standard InChI is InChI=1S/C7H6BN3O2/c9-11-10-6-2-1-5-4-13-8(12)7(5)3-6/h1-3,12H,4H2. The molecular formula is C7H6BN3O2. The molecule has 1 aromatic rings. The molecule has 1 N–H and O–H groups in total. The van der Waals surface area contributed by atoms with E-state index in [0.717, 1.165) is 5.56 Å². The van der Waals surface area contributed by atoms with Crippen LogP contribution in [0.25, 0.3) is 10.4 Å². The van der Waals surface area contributed by atoms with Gasteiger partial charge in [0.2, 0.25) is 0 Å². The summed E-state index contributed by atoms with van der Waals surface area (Å²) in [7, 11) is -0.885. The first kappa shape index (κ1) is 8.13. The molecule has 64 valence electrons. The van der Waals surface area contributed by atoms with Gasteiger partial charge in [0.15, 0.2) is 0 Å². The zero-order chi connectivity index (χ0) is 9.26. The van der Waals surface area contributed by atoms with Crippen molar-refractivity contribution in [2.24, 2.45) is 5.11 Å². The second kappa shape index (κ2) is 3.10. The van der Waals surface area contributed by atoms with E-state index in [9.17, 15) is 5.02 Å². The van der Waals surface area contributed by atoms with Crippen LogP contribution in [0.2, 0.25) is 0 Å². The first-order valence-corrected chi connectivity index (χ1v) is 3.79. The minimum absolute atomic E-state index is 0.410. The highest BCUT2D eigenvalue weighted by Gasteiger charge is 2.26. The summed E-state index contributed by atoms with van der Waals surface area (Å²) in [5, 5.41) is 12.7. The van der Waals surface area contributed by atoms with Crippen molar-refractivity contribution in [2.75, 3.05) is 0 Å². The summed E-state index contributed by atoms with van der Waals surface area (Å²) in [6, 6.07) is 5.11. The van der Waals surface area contributed by atoms with Crippen LogP contribution in [0.3, 0.4) is 0 Å².